The molecule has 3 nitrogen and oxygen atoms in total. The zero-order valence-electron chi connectivity index (χ0n) is 10.7. The van der Waals surface area contributed by atoms with Gasteiger partial charge in [0, 0.05) is 10.5 Å². The first-order chi connectivity index (χ1) is 9.54. The molecule has 3 rings (SSSR count). The normalized spacial score (nSPS) is 15.2. The van der Waals surface area contributed by atoms with Crippen LogP contribution in [0.15, 0.2) is 57.9 Å². The average molecular weight is 352 g/mol. The van der Waals surface area contributed by atoms with Gasteiger partial charge in [-0.3, -0.25) is 0 Å². The minimum atomic E-state index is -3.46. The summed E-state index contributed by atoms with van der Waals surface area (Å²) in [7, 11) is -3.46. The molecular formula is C15H14BrNO2S. The SMILES string of the molecule is O=S(=O)(NC1Cc2ccccc2C1)c1cccc(Br)c1. The van der Waals surface area contributed by atoms with Crippen molar-refractivity contribution >= 4 is 26.0 Å². The van der Waals surface area contributed by atoms with E-state index < -0.39 is 10.0 Å². The maximum atomic E-state index is 12.4. The fraction of sp³-hybridized carbons (Fsp3) is 0.200. The maximum Gasteiger partial charge on any atom is 0.240 e. The first-order valence-electron chi connectivity index (χ1n) is 6.39. The highest BCUT2D eigenvalue weighted by Crippen LogP contribution is 2.23. The largest absolute Gasteiger partial charge is 0.240 e. The lowest BCUT2D eigenvalue weighted by Crippen LogP contribution is -2.35. The smallest absolute Gasteiger partial charge is 0.207 e. The Kier molecular flexibility index (Phi) is 3.67. The summed E-state index contributed by atoms with van der Waals surface area (Å²) in [5.74, 6) is 0. The third kappa shape index (κ3) is 2.80. The molecule has 1 N–H and O–H groups in total. The highest BCUT2D eigenvalue weighted by molar-refractivity contribution is 9.10. The van der Waals surface area contributed by atoms with Gasteiger partial charge < -0.3 is 0 Å². The highest BCUT2D eigenvalue weighted by Gasteiger charge is 2.26. The van der Waals surface area contributed by atoms with Gasteiger partial charge in [-0.15, -0.1) is 0 Å². The van der Waals surface area contributed by atoms with Gasteiger partial charge in [0.25, 0.3) is 0 Å². The predicted octanol–water partition coefficient (Wildman–Crippen LogP) is 2.89. The second-order valence-electron chi connectivity index (χ2n) is 4.95. The van der Waals surface area contributed by atoms with E-state index in [1.165, 1.54) is 11.1 Å². The van der Waals surface area contributed by atoms with Crippen molar-refractivity contribution in [3.05, 3.63) is 64.1 Å². The van der Waals surface area contributed by atoms with Gasteiger partial charge >= 0.3 is 0 Å². The van der Waals surface area contributed by atoms with Crippen LogP contribution in [0, 0.1) is 0 Å². The number of sulfonamides is 1. The lowest BCUT2D eigenvalue weighted by Gasteiger charge is -2.12. The van der Waals surface area contributed by atoms with E-state index in [2.05, 4.69) is 32.8 Å². The fourth-order valence-corrected chi connectivity index (χ4v) is 4.40. The second-order valence-corrected chi connectivity index (χ2v) is 7.58. The van der Waals surface area contributed by atoms with E-state index in [9.17, 15) is 8.42 Å². The average Bonchev–Trinajstić information content (AvgIpc) is 2.80. The Labute approximate surface area is 127 Å². The molecule has 0 amide bonds. The molecule has 104 valence electrons. The molecule has 2 aromatic carbocycles. The van der Waals surface area contributed by atoms with Crippen LogP contribution in [0.1, 0.15) is 11.1 Å². The van der Waals surface area contributed by atoms with E-state index in [-0.39, 0.29) is 6.04 Å². The Morgan fingerprint density at radius 3 is 2.25 bits per heavy atom. The molecule has 0 atom stereocenters. The van der Waals surface area contributed by atoms with E-state index >= 15 is 0 Å². The standard InChI is InChI=1S/C15H14BrNO2S/c16-13-6-3-7-15(10-13)20(18,19)17-14-8-11-4-1-2-5-12(11)9-14/h1-7,10,14,17H,8-9H2. The Morgan fingerprint density at radius 2 is 1.65 bits per heavy atom. The van der Waals surface area contributed by atoms with E-state index in [0.29, 0.717) is 4.90 Å². The third-order valence-electron chi connectivity index (χ3n) is 3.48. The van der Waals surface area contributed by atoms with Crippen molar-refractivity contribution < 1.29 is 8.42 Å². The number of benzene rings is 2. The molecule has 0 fully saturated rings. The Hall–Kier alpha value is -1.17. The van der Waals surface area contributed by atoms with Gasteiger partial charge in [0.2, 0.25) is 10.0 Å². The number of nitrogens with one attached hydrogen (secondary N) is 1. The number of rotatable bonds is 3. The maximum absolute atomic E-state index is 12.4. The molecule has 5 heteroatoms. The lowest BCUT2D eigenvalue weighted by molar-refractivity contribution is 0.555. The van der Waals surface area contributed by atoms with Crippen molar-refractivity contribution in [3.8, 4) is 0 Å². The van der Waals surface area contributed by atoms with Gasteiger partial charge in [-0.2, -0.15) is 0 Å². The quantitative estimate of drug-likeness (QED) is 0.923. The molecule has 0 radical (unpaired) electrons. The summed E-state index contributed by atoms with van der Waals surface area (Å²) in [5, 5.41) is 0. The van der Waals surface area contributed by atoms with Crippen LogP contribution < -0.4 is 4.72 Å². The molecule has 20 heavy (non-hydrogen) atoms. The van der Waals surface area contributed by atoms with Gasteiger partial charge in [-0.25, -0.2) is 13.1 Å². The van der Waals surface area contributed by atoms with Crippen molar-refractivity contribution in [1.29, 1.82) is 0 Å². The summed E-state index contributed by atoms with van der Waals surface area (Å²) in [5.41, 5.74) is 2.46. The zero-order chi connectivity index (χ0) is 14.2. The van der Waals surface area contributed by atoms with Gasteiger partial charge in [-0.05, 0) is 42.2 Å². The summed E-state index contributed by atoms with van der Waals surface area (Å²) in [4.78, 5) is 0.294. The second kappa shape index (κ2) is 5.31. The van der Waals surface area contributed by atoms with Crippen LogP contribution in [0.25, 0.3) is 0 Å². The summed E-state index contributed by atoms with van der Waals surface area (Å²) in [6.45, 7) is 0. The van der Waals surface area contributed by atoms with Gasteiger partial charge in [0.05, 0.1) is 4.90 Å². The molecule has 0 unspecified atom stereocenters. The molecule has 0 spiro atoms. The minimum absolute atomic E-state index is 0.0589. The van der Waals surface area contributed by atoms with Crippen LogP contribution in [0.5, 0.6) is 0 Å². The first kappa shape index (κ1) is 13.8. The molecular weight excluding hydrogens is 338 g/mol. The Morgan fingerprint density at radius 1 is 1.00 bits per heavy atom. The lowest BCUT2D eigenvalue weighted by atomic mass is 10.1. The van der Waals surface area contributed by atoms with Crippen molar-refractivity contribution in [2.24, 2.45) is 0 Å². The number of halogens is 1. The van der Waals surface area contributed by atoms with Crippen LogP contribution in [0.4, 0.5) is 0 Å². The molecule has 2 aromatic rings. The fourth-order valence-electron chi connectivity index (χ4n) is 2.56. The molecule has 0 saturated heterocycles. The number of hydrogen-bond acceptors (Lipinski definition) is 2. The van der Waals surface area contributed by atoms with E-state index in [1.54, 1.807) is 18.2 Å². The van der Waals surface area contributed by atoms with Crippen LogP contribution in [-0.4, -0.2) is 14.5 Å². The zero-order valence-corrected chi connectivity index (χ0v) is 13.1. The third-order valence-corrected chi connectivity index (χ3v) is 5.49. The number of hydrogen-bond donors (Lipinski definition) is 1. The molecule has 0 saturated carbocycles. The molecule has 0 bridgehead atoms. The Balaban J connectivity index is 1.79. The van der Waals surface area contributed by atoms with Crippen LogP contribution in [0.2, 0.25) is 0 Å². The first-order valence-corrected chi connectivity index (χ1v) is 8.67. The van der Waals surface area contributed by atoms with Crippen molar-refractivity contribution in [3.63, 3.8) is 0 Å². The summed E-state index contributed by atoms with van der Waals surface area (Å²) in [6.07, 6.45) is 1.51. The molecule has 1 aliphatic rings. The van der Waals surface area contributed by atoms with E-state index in [0.717, 1.165) is 17.3 Å². The summed E-state index contributed by atoms with van der Waals surface area (Å²) < 4.78 is 28.3. The molecule has 0 heterocycles. The minimum Gasteiger partial charge on any atom is -0.207 e. The van der Waals surface area contributed by atoms with Crippen molar-refractivity contribution in [2.75, 3.05) is 0 Å². The van der Waals surface area contributed by atoms with Crippen molar-refractivity contribution in [1.82, 2.24) is 4.72 Å². The Bertz CT molecular complexity index is 718. The summed E-state index contributed by atoms with van der Waals surface area (Å²) in [6, 6.07) is 14.8. The van der Waals surface area contributed by atoms with Gasteiger partial charge in [0.1, 0.15) is 0 Å². The topological polar surface area (TPSA) is 46.2 Å². The van der Waals surface area contributed by atoms with E-state index in [4.69, 9.17) is 0 Å². The molecule has 1 aliphatic carbocycles. The summed E-state index contributed by atoms with van der Waals surface area (Å²) >= 11 is 3.30. The van der Waals surface area contributed by atoms with Gasteiger partial charge in [-0.1, -0.05) is 46.3 Å². The van der Waals surface area contributed by atoms with Crippen LogP contribution in [-0.2, 0) is 22.9 Å². The van der Waals surface area contributed by atoms with E-state index in [1.807, 2.05) is 18.2 Å². The predicted molar refractivity (Wildman–Crippen MR) is 82.1 cm³/mol. The van der Waals surface area contributed by atoms with Crippen molar-refractivity contribution in [2.45, 2.75) is 23.8 Å². The monoisotopic (exact) mass is 351 g/mol. The van der Waals surface area contributed by atoms with Gasteiger partial charge in [0.15, 0.2) is 0 Å². The highest BCUT2D eigenvalue weighted by atomic mass is 79.9. The van der Waals surface area contributed by atoms with Crippen LogP contribution >= 0.6 is 15.9 Å². The van der Waals surface area contributed by atoms with Crippen LogP contribution in [0.3, 0.4) is 0 Å². The molecule has 0 aromatic heterocycles. The number of fused-ring (bicyclic) bond motifs is 1. The molecule has 0 aliphatic heterocycles.